The fraction of sp³-hybridized carbons (Fsp3) is 0.588. The zero-order valence-corrected chi connectivity index (χ0v) is 12.5. The molecule has 0 N–H and O–H groups in total. The molecule has 2 bridgehead atoms. The fourth-order valence-electron chi connectivity index (χ4n) is 4.08. The molecule has 0 saturated carbocycles. The second kappa shape index (κ2) is 5.01. The first kappa shape index (κ1) is 13.1. The lowest BCUT2D eigenvalue weighted by atomic mass is 10.1. The van der Waals surface area contributed by atoms with Crippen LogP contribution in [-0.4, -0.2) is 54.3 Å². The van der Waals surface area contributed by atoms with Gasteiger partial charge in [0.15, 0.2) is 0 Å². The molecule has 4 rings (SSSR count). The van der Waals surface area contributed by atoms with Gasteiger partial charge in [0, 0.05) is 36.9 Å². The molecule has 0 spiro atoms. The Balaban J connectivity index is 1.55. The summed E-state index contributed by atoms with van der Waals surface area (Å²) in [7, 11) is 0. The average Bonchev–Trinajstić information content (AvgIpc) is 2.69. The number of aryl methyl sites for hydroxylation is 1. The maximum atomic E-state index is 5.45. The number of piperazine rings is 1. The summed E-state index contributed by atoms with van der Waals surface area (Å²) in [5.74, 6) is 3.77. The molecule has 2 atom stereocenters. The molecule has 21 heavy (non-hydrogen) atoms. The Hall–Kier alpha value is -1.57. The molecule has 4 heteroatoms. The van der Waals surface area contributed by atoms with Gasteiger partial charge in [-0.25, -0.2) is 4.98 Å². The van der Waals surface area contributed by atoms with Crippen LogP contribution in [0.15, 0.2) is 12.3 Å². The van der Waals surface area contributed by atoms with Crippen LogP contribution in [0.25, 0.3) is 0 Å². The zero-order valence-electron chi connectivity index (χ0n) is 12.5. The summed E-state index contributed by atoms with van der Waals surface area (Å²) in [5.41, 5.74) is 2.05. The first-order valence-electron chi connectivity index (χ1n) is 7.79. The predicted octanol–water partition coefficient (Wildman–Crippen LogP) is 1.42. The predicted molar refractivity (Wildman–Crippen MR) is 82.4 cm³/mol. The number of aromatic nitrogens is 1. The van der Waals surface area contributed by atoms with E-state index >= 15 is 0 Å². The Kier molecular flexibility index (Phi) is 3.13. The number of hydrogen-bond acceptors (Lipinski definition) is 4. The maximum Gasteiger partial charge on any atom is 0.131 e. The van der Waals surface area contributed by atoms with Gasteiger partial charge in [-0.2, -0.15) is 0 Å². The van der Waals surface area contributed by atoms with Gasteiger partial charge in [0.25, 0.3) is 0 Å². The van der Waals surface area contributed by atoms with E-state index < -0.39 is 0 Å². The molecule has 4 heterocycles. The summed E-state index contributed by atoms with van der Waals surface area (Å²) in [5, 5.41) is 0. The minimum Gasteiger partial charge on any atom is -0.378 e. The lowest BCUT2D eigenvalue weighted by Crippen LogP contribution is -2.62. The third-order valence-corrected chi connectivity index (χ3v) is 5.10. The van der Waals surface area contributed by atoms with E-state index in [9.17, 15) is 0 Å². The highest BCUT2D eigenvalue weighted by Gasteiger charge is 2.45. The molecule has 4 nitrogen and oxygen atoms in total. The van der Waals surface area contributed by atoms with Gasteiger partial charge in [0.2, 0.25) is 0 Å². The highest BCUT2D eigenvalue weighted by Crippen LogP contribution is 2.35. The van der Waals surface area contributed by atoms with E-state index in [2.05, 4.69) is 33.7 Å². The lowest BCUT2D eigenvalue weighted by molar-refractivity contribution is -0.0850. The molecule has 3 saturated heterocycles. The Morgan fingerprint density at radius 3 is 2.48 bits per heavy atom. The third-order valence-electron chi connectivity index (χ3n) is 5.10. The van der Waals surface area contributed by atoms with Gasteiger partial charge in [-0.1, -0.05) is 5.92 Å². The first-order chi connectivity index (χ1) is 10.3. The number of nitrogens with zero attached hydrogens (tertiary/aromatic N) is 3. The number of terminal acetylenes is 1. The number of ether oxygens (including phenoxy) is 1. The maximum absolute atomic E-state index is 5.45. The summed E-state index contributed by atoms with van der Waals surface area (Å²) >= 11 is 0. The van der Waals surface area contributed by atoms with E-state index in [1.54, 1.807) is 0 Å². The number of hydrogen-bond donors (Lipinski definition) is 0. The number of anilines is 1. The van der Waals surface area contributed by atoms with Crippen molar-refractivity contribution in [3.8, 4) is 12.3 Å². The molecule has 3 aliphatic heterocycles. The van der Waals surface area contributed by atoms with E-state index in [0.717, 1.165) is 37.7 Å². The summed E-state index contributed by atoms with van der Waals surface area (Å²) in [6.07, 6.45) is 9.88. The summed E-state index contributed by atoms with van der Waals surface area (Å²) < 4.78 is 5.38. The highest BCUT2D eigenvalue weighted by molar-refractivity contribution is 5.51. The second-order valence-corrected chi connectivity index (χ2v) is 6.44. The van der Waals surface area contributed by atoms with Crippen LogP contribution < -0.4 is 4.90 Å². The molecule has 0 amide bonds. The topological polar surface area (TPSA) is 28.6 Å². The Morgan fingerprint density at radius 1 is 1.24 bits per heavy atom. The van der Waals surface area contributed by atoms with Crippen molar-refractivity contribution >= 4 is 5.82 Å². The Bertz CT molecular complexity index is 576. The monoisotopic (exact) mass is 283 g/mol. The van der Waals surface area contributed by atoms with Crippen molar-refractivity contribution in [3.63, 3.8) is 0 Å². The fourth-order valence-corrected chi connectivity index (χ4v) is 4.08. The van der Waals surface area contributed by atoms with Crippen molar-refractivity contribution in [2.75, 3.05) is 31.2 Å². The van der Waals surface area contributed by atoms with Crippen LogP contribution in [0, 0.1) is 19.3 Å². The van der Waals surface area contributed by atoms with Crippen molar-refractivity contribution < 1.29 is 4.74 Å². The Morgan fingerprint density at radius 2 is 1.95 bits per heavy atom. The lowest BCUT2D eigenvalue weighted by Gasteiger charge is -2.48. The van der Waals surface area contributed by atoms with Crippen LogP contribution in [0.5, 0.6) is 0 Å². The molecule has 1 aromatic rings. The van der Waals surface area contributed by atoms with Crippen LogP contribution in [0.2, 0.25) is 0 Å². The second-order valence-electron chi connectivity index (χ2n) is 6.44. The SMILES string of the molecule is C#Cc1cnc(N2CC3CCC(C2)N3C2COC2)c(C)c1. The normalized spacial score (nSPS) is 29.2. The van der Waals surface area contributed by atoms with Crippen molar-refractivity contribution in [2.24, 2.45) is 0 Å². The quantitative estimate of drug-likeness (QED) is 0.768. The number of rotatable bonds is 2. The van der Waals surface area contributed by atoms with Crippen LogP contribution in [0.4, 0.5) is 5.82 Å². The standard InChI is InChI=1S/C17H21N3O/c1-3-13-6-12(2)17(18-7-13)19-8-14-4-5-15(9-19)20(14)16-10-21-11-16/h1,6-7,14-16H,4-5,8-11H2,2H3. The number of pyridine rings is 1. The molecule has 2 unspecified atom stereocenters. The number of fused-ring (bicyclic) bond motifs is 2. The minimum atomic E-state index is 0.655. The smallest absolute Gasteiger partial charge is 0.131 e. The van der Waals surface area contributed by atoms with E-state index in [4.69, 9.17) is 11.2 Å². The van der Waals surface area contributed by atoms with Crippen molar-refractivity contribution in [2.45, 2.75) is 37.9 Å². The molecule has 0 radical (unpaired) electrons. The van der Waals surface area contributed by atoms with E-state index in [1.807, 2.05) is 6.20 Å². The average molecular weight is 283 g/mol. The summed E-state index contributed by atoms with van der Waals surface area (Å²) in [6.45, 7) is 6.10. The van der Waals surface area contributed by atoms with Crippen molar-refractivity contribution in [1.29, 1.82) is 0 Å². The molecular weight excluding hydrogens is 262 g/mol. The molecule has 110 valence electrons. The molecular formula is C17H21N3O. The van der Waals surface area contributed by atoms with Crippen molar-refractivity contribution in [1.82, 2.24) is 9.88 Å². The summed E-state index contributed by atoms with van der Waals surface area (Å²) in [4.78, 5) is 9.78. The van der Waals surface area contributed by atoms with Gasteiger partial charge in [-0.15, -0.1) is 6.42 Å². The van der Waals surface area contributed by atoms with E-state index in [-0.39, 0.29) is 0 Å². The van der Waals surface area contributed by atoms with E-state index in [0.29, 0.717) is 18.1 Å². The van der Waals surface area contributed by atoms with Gasteiger partial charge >= 0.3 is 0 Å². The van der Waals surface area contributed by atoms with Gasteiger partial charge in [0.05, 0.1) is 19.3 Å². The zero-order chi connectivity index (χ0) is 14.4. The molecule has 3 fully saturated rings. The van der Waals surface area contributed by atoms with Gasteiger partial charge in [0.1, 0.15) is 5.82 Å². The van der Waals surface area contributed by atoms with Gasteiger partial charge < -0.3 is 9.64 Å². The van der Waals surface area contributed by atoms with Crippen molar-refractivity contribution in [3.05, 3.63) is 23.4 Å². The van der Waals surface area contributed by atoms with Crippen LogP contribution in [-0.2, 0) is 4.74 Å². The van der Waals surface area contributed by atoms with Gasteiger partial charge in [-0.05, 0) is 31.4 Å². The molecule has 0 aliphatic carbocycles. The van der Waals surface area contributed by atoms with Crippen LogP contribution in [0.3, 0.4) is 0 Å². The van der Waals surface area contributed by atoms with Gasteiger partial charge in [-0.3, -0.25) is 4.90 Å². The van der Waals surface area contributed by atoms with Crippen LogP contribution >= 0.6 is 0 Å². The van der Waals surface area contributed by atoms with E-state index in [1.165, 1.54) is 18.4 Å². The molecule has 1 aromatic heterocycles. The molecule has 3 aliphatic rings. The molecule has 0 aromatic carbocycles. The summed E-state index contributed by atoms with van der Waals surface area (Å²) in [6, 6.07) is 4.04. The first-order valence-corrected chi connectivity index (χ1v) is 7.79. The largest absolute Gasteiger partial charge is 0.378 e. The minimum absolute atomic E-state index is 0.655. The van der Waals surface area contributed by atoms with Crippen LogP contribution in [0.1, 0.15) is 24.0 Å². The Labute approximate surface area is 126 Å². The highest BCUT2D eigenvalue weighted by atomic mass is 16.5. The third kappa shape index (κ3) is 2.12.